The van der Waals surface area contributed by atoms with Gasteiger partial charge in [-0.25, -0.2) is 0 Å². The highest BCUT2D eigenvalue weighted by molar-refractivity contribution is 7.99. The lowest BCUT2D eigenvalue weighted by atomic mass is 10.2. The third kappa shape index (κ3) is 4.14. The topological polar surface area (TPSA) is 87.5 Å². The van der Waals surface area contributed by atoms with Crippen molar-refractivity contribution < 1.29 is 19.0 Å². The van der Waals surface area contributed by atoms with Gasteiger partial charge < -0.3 is 24.1 Å². The first kappa shape index (κ1) is 19.1. The molecule has 4 rings (SSSR count). The van der Waals surface area contributed by atoms with E-state index in [-0.39, 0.29) is 18.5 Å². The second-order valence-electron chi connectivity index (χ2n) is 6.18. The number of amides is 1. The van der Waals surface area contributed by atoms with E-state index in [4.69, 9.17) is 14.2 Å². The molecule has 0 bridgehead atoms. The average Bonchev–Trinajstić information content (AvgIpc) is 3.38. The smallest absolute Gasteiger partial charge is 0.234 e. The normalized spacial score (nSPS) is 12.1. The first-order chi connectivity index (χ1) is 14.2. The van der Waals surface area contributed by atoms with E-state index in [2.05, 4.69) is 15.5 Å². The number of carbonyl (C=O) groups excluding carboxylic acids is 1. The zero-order valence-corrected chi connectivity index (χ0v) is 16.9. The molecule has 0 unspecified atom stereocenters. The Morgan fingerprint density at radius 1 is 1.17 bits per heavy atom. The van der Waals surface area contributed by atoms with Crippen molar-refractivity contribution in [2.75, 3.05) is 25.0 Å². The summed E-state index contributed by atoms with van der Waals surface area (Å²) in [5, 5.41) is 12.1. The molecular weight excluding hydrogens is 392 g/mol. The average molecular weight is 412 g/mol. The van der Waals surface area contributed by atoms with Crippen LogP contribution in [0.1, 0.15) is 6.92 Å². The predicted octanol–water partition coefficient (Wildman–Crippen LogP) is 3.43. The van der Waals surface area contributed by atoms with E-state index in [1.807, 2.05) is 35.8 Å². The molecule has 0 saturated heterocycles. The van der Waals surface area contributed by atoms with E-state index < -0.39 is 0 Å². The molecule has 2 heterocycles. The number of carbonyl (C=O) groups is 1. The highest BCUT2D eigenvalue weighted by atomic mass is 32.2. The van der Waals surface area contributed by atoms with Crippen molar-refractivity contribution in [2.24, 2.45) is 0 Å². The number of thioether (sulfide) groups is 1. The zero-order valence-electron chi connectivity index (χ0n) is 16.0. The molecule has 9 heteroatoms. The molecule has 0 atom stereocenters. The van der Waals surface area contributed by atoms with Gasteiger partial charge in [0, 0.05) is 23.9 Å². The Morgan fingerprint density at radius 3 is 2.72 bits per heavy atom. The van der Waals surface area contributed by atoms with Gasteiger partial charge in [-0.2, -0.15) is 0 Å². The molecule has 1 aliphatic rings. The van der Waals surface area contributed by atoms with Gasteiger partial charge in [-0.3, -0.25) is 4.79 Å². The molecule has 3 aromatic rings. The standard InChI is InChI=1S/C20H20N4O4S/c1-3-24-19(13-4-7-15(26-2)8-5-13)22-23-20(24)29-11-18(25)21-14-6-9-16-17(10-14)28-12-27-16/h4-10H,3,11-12H2,1-2H3,(H,21,25). The van der Waals surface area contributed by atoms with Gasteiger partial charge in [0.05, 0.1) is 12.9 Å². The molecule has 0 fully saturated rings. The molecule has 8 nitrogen and oxygen atoms in total. The van der Waals surface area contributed by atoms with Crippen molar-refractivity contribution in [3.8, 4) is 28.6 Å². The van der Waals surface area contributed by atoms with Crippen LogP contribution in [-0.4, -0.2) is 40.3 Å². The molecular formula is C20H20N4O4S. The lowest BCUT2D eigenvalue weighted by Gasteiger charge is -2.08. The Balaban J connectivity index is 1.41. The molecule has 1 amide bonds. The number of benzene rings is 2. The van der Waals surface area contributed by atoms with Crippen molar-refractivity contribution in [3.63, 3.8) is 0 Å². The maximum Gasteiger partial charge on any atom is 0.234 e. The number of hydrogen-bond donors (Lipinski definition) is 1. The monoisotopic (exact) mass is 412 g/mol. The molecule has 2 aromatic carbocycles. The fourth-order valence-electron chi connectivity index (χ4n) is 2.94. The SMILES string of the molecule is CCn1c(SCC(=O)Nc2ccc3c(c2)OCO3)nnc1-c1ccc(OC)cc1. The van der Waals surface area contributed by atoms with Gasteiger partial charge in [0.25, 0.3) is 0 Å². The Morgan fingerprint density at radius 2 is 1.97 bits per heavy atom. The number of nitrogens with one attached hydrogen (secondary N) is 1. The summed E-state index contributed by atoms with van der Waals surface area (Å²) >= 11 is 1.34. The van der Waals surface area contributed by atoms with Crippen LogP contribution in [0.25, 0.3) is 11.4 Å². The summed E-state index contributed by atoms with van der Waals surface area (Å²) in [5.41, 5.74) is 1.60. The summed E-state index contributed by atoms with van der Waals surface area (Å²) in [7, 11) is 1.63. The Labute approximate surface area is 172 Å². The third-order valence-electron chi connectivity index (χ3n) is 4.37. The maximum atomic E-state index is 12.4. The lowest BCUT2D eigenvalue weighted by Crippen LogP contribution is -2.14. The number of rotatable bonds is 7. The molecule has 0 radical (unpaired) electrons. The molecule has 1 aromatic heterocycles. The first-order valence-corrected chi connectivity index (χ1v) is 10.1. The van der Waals surface area contributed by atoms with Gasteiger partial charge in [0.2, 0.25) is 12.7 Å². The Hall–Kier alpha value is -3.20. The molecule has 0 spiro atoms. The second-order valence-corrected chi connectivity index (χ2v) is 7.13. The molecule has 0 saturated carbocycles. The van der Waals surface area contributed by atoms with Gasteiger partial charge in [-0.05, 0) is 43.3 Å². The number of aromatic nitrogens is 3. The summed E-state index contributed by atoms with van der Waals surface area (Å²) in [6.45, 7) is 2.92. The van der Waals surface area contributed by atoms with Crippen LogP contribution < -0.4 is 19.5 Å². The number of ether oxygens (including phenoxy) is 3. The summed E-state index contributed by atoms with van der Waals surface area (Å²) in [6.07, 6.45) is 0. The number of methoxy groups -OCH3 is 1. The molecule has 150 valence electrons. The van der Waals surface area contributed by atoms with Crippen molar-refractivity contribution in [1.82, 2.24) is 14.8 Å². The number of hydrogen-bond acceptors (Lipinski definition) is 7. The summed E-state index contributed by atoms with van der Waals surface area (Å²) in [4.78, 5) is 12.4. The van der Waals surface area contributed by atoms with E-state index in [0.29, 0.717) is 28.9 Å². The number of fused-ring (bicyclic) bond motifs is 1. The van der Waals surface area contributed by atoms with E-state index in [1.165, 1.54) is 11.8 Å². The minimum absolute atomic E-state index is 0.134. The first-order valence-electron chi connectivity index (χ1n) is 9.08. The molecule has 1 aliphatic heterocycles. The van der Waals surface area contributed by atoms with E-state index in [0.717, 1.165) is 17.1 Å². The maximum absolute atomic E-state index is 12.4. The van der Waals surface area contributed by atoms with Crippen LogP contribution in [0.15, 0.2) is 47.6 Å². The van der Waals surface area contributed by atoms with E-state index >= 15 is 0 Å². The third-order valence-corrected chi connectivity index (χ3v) is 5.34. The number of anilines is 1. The van der Waals surface area contributed by atoms with Crippen LogP contribution in [0.2, 0.25) is 0 Å². The van der Waals surface area contributed by atoms with Crippen LogP contribution in [0.4, 0.5) is 5.69 Å². The fourth-order valence-corrected chi connectivity index (χ4v) is 3.74. The quantitative estimate of drug-likeness (QED) is 0.595. The highest BCUT2D eigenvalue weighted by Crippen LogP contribution is 2.34. The van der Waals surface area contributed by atoms with Gasteiger partial charge >= 0.3 is 0 Å². The Kier molecular flexibility index (Phi) is 5.57. The second kappa shape index (κ2) is 8.44. The zero-order chi connectivity index (χ0) is 20.2. The van der Waals surface area contributed by atoms with E-state index in [1.54, 1.807) is 25.3 Å². The van der Waals surface area contributed by atoms with Crippen LogP contribution in [0, 0.1) is 0 Å². The van der Waals surface area contributed by atoms with Crippen LogP contribution >= 0.6 is 11.8 Å². The Bertz CT molecular complexity index is 1020. The minimum atomic E-state index is -0.134. The van der Waals surface area contributed by atoms with Gasteiger partial charge in [0.15, 0.2) is 22.5 Å². The van der Waals surface area contributed by atoms with Crippen molar-refractivity contribution in [2.45, 2.75) is 18.6 Å². The largest absolute Gasteiger partial charge is 0.497 e. The van der Waals surface area contributed by atoms with Crippen LogP contribution in [-0.2, 0) is 11.3 Å². The minimum Gasteiger partial charge on any atom is -0.497 e. The van der Waals surface area contributed by atoms with Crippen molar-refractivity contribution >= 4 is 23.4 Å². The van der Waals surface area contributed by atoms with Gasteiger partial charge in [0.1, 0.15) is 5.75 Å². The predicted molar refractivity (Wildman–Crippen MR) is 110 cm³/mol. The molecule has 29 heavy (non-hydrogen) atoms. The van der Waals surface area contributed by atoms with Gasteiger partial charge in [-0.1, -0.05) is 11.8 Å². The van der Waals surface area contributed by atoms with Crippen LogP contribution in [0.5, 0.6) is 17.2 Å². The number of nitrogens with zero attached hydrogens (tertiary/aromatic N) is 3. The summed E-state index contributed by atoms with van der Waals surface area (Å²) < 4.78 is 17.8. The summed E-state index contributed by atoms with van der Waals surface area (Å²) in [6, 6.07) is 13.0. The molecule has 1 N–H and O–H groups in total. The fraction of sp³-hybridized carbons (Fsp3) is 0.250. The van der Waals surface area contributed by atoms with Crippen molar-refractivity contribution in [1.29, 1.82) is 0 Å². The highest BCUT2D eigenvalue weighted by Gasteiger charge is 2.16. The van der Waals surface area contributed by atoms with Crippen LogP contribution in [0.3, 0.4) is 0 Å². The van der Waals surface area contributed by atoms with Crippen molar-refractivity contribution in [3.05, 3.63) is 42.5 Å². The molecule has 0 aliphatic carbocycles. The summed E-state index contributed by atoms with van der Waals surface area (Å²) in [5.74, 6) is 2.94. The van der Waals surface area contributed by atoms with Gasteiger partial charge in [-0.15, -0.1) is 10.2 Å². The lowest BCUT2D eigenvalue weighted by molar-refractivity contribution is -0.113. The van der Waals surface area contributed by atoms with E-state index in [9.17, 15) is 4.79 Å².